The second-order valence-corrected chi connectivity index (χ2v) is 5.06. The summed E-state index contributed by atoms with van der Waals surface area (Å²) in [4.78, 5) is 0. The fourth-order valence-corrected chi connectivity index (χ4v) is 2.19. The Morgan fingerprint density at radius 2 is 1.95 bits per heavy atom. The standard InChI is InChI=1S/C16H18N4O.ClH/c1-13-7-16(19-21-13)10-17-8-15-9-18-20(12-15)11-14-5-3-2-4-6-14;/h2-7,9,12,17H,8,10-11H2,1H3;1H. The van der Waals surface area contributed by atoms with Gasteiger partial charge in [0.15, 0.2) is 0 Å². The summed E-state index contributed by atoms with van der Waals surface area (Å²) in [5, 5.41) is 11.7. The van der Waals surface area contributed by atoms with Crippen molar-refractivity contribution in [2.75, 3.05) is 0 Å². The number of rotatable bonds is 6. The predicted octanol–water partition coefficient (Wildman–Crippen LogP) is 2.94. The minimum absolute atomic E-state index is 0. The number of nitrogens with one attached hydrogen (secondary N) is 1. The lowest BCUT2D eigenvalue weighted by Crippen LogP contribution is -2.12. The number of hydrogen-bond donors (Lipinski definition) is 1. The highest BCUT2D eigenvalue weighted by molar-refractivity contribution is 5.85. The summed E-state index contributed by atoms with van der Waals surface area (Å²) in [5.74, 6) is 0.836. The zero-order valence-corrected chi connectivity index (χ0v) is 13.2. The third-order valence-corrected chi connectivity index (χ3v) is 3.19. The van der Waals surface area contributed by atoms with Gasteiger partial charge in [-0.1, -0.05) is 35.5 Å². The number of aryl methyl sites for hydroxylation is 1. The Labute approximate surface area is 135 Å². The summed E-state index contributed by atoms with van der Waals surface area (Å²) >= 11 is 0. The third-order valence-electron chi connectivity index (χ3n) is 3.19. The molecule has 0 fully saturated rings. The van der Waals surface area contributed by atoms with Crippen molar-refractivity contribution < 1.29 is 4.52 Å². The molecule has 1 aromatic carbocycles. The number of halogens is 1. The average Bonchev–Trinajstić information content (AvgIpc) is 3.10. The van der Waals surface area contributed by atoms with Crippen LogP contribution in [0.2, 0.25) is 0 Å². The van der Waals surface area contributed by atoms with Gasteiger partial charge in [0.05, 0.1) is 18.4 Å². The lowest BCUT2D eigenvalue weighted by Gasteiger charge is -2.01. The summed E-state index contributed by atoms with van der Waals surface area (Å²) in [6.45, 7) is 4.15. The fourth-order valence-electron chi connectivity index (χ4n) is 2.19. The lowest BCUT2D eigenvalue weighted by molar-refractivity contribution is 0.388. The SMILES string of the molecule is Cc1cc(CNCc2cnn(Cc3ccccc3)c2)no1.Cl. The number of hydrogen-bond acceptors (Lipinski definition) is 4. The molecule has 0 saturated carbocycles. The second-order valence-electron chi connectivity index (χ2n) is 5.06. The largest absolute Gasteiger partial charge is 0.361 e. The first-order valence-electron chi connectivity index (χ1n) is 6.98. The maximum atomic E-state index is 5.03. The molecule has 22 heavy (non-hydrogen) atoms. The second kappa shape index (κ2) is 7.77. The molecule has 0 saturated heterocycles. The van der Waals surface area contributed by atoms with Crippen LogP contribution in [0, 0.1) is 6.92 Å². The molecular weight excluding hydrogens is 300 g/mol. The molecule has 2 heterocycles. The summed E-state index contributed by atoms with van der Waals surface area (Å²) in [6, 6.07) is 12.3. The number of nitrogens with zero attached hydrogens (tertiary/aromatic N) is 3. The average molecular weight is 319 g/mol. The van der Waals surface area contributed by atoms with Gasteiger partial charge < -0.3 is 9.84 Å². The van der Waals surface area contributed by atoms with Gasteiger partial charge in [-0.25, -0.2) is 0 Å². The van der Waals surface area contributed by atoms with E-state index in [9.17, 15) is 0 Å². The van der Waals surface area contributed by atoms with E-state index in [0.717, 1.165) is 30.1 Å². The van der Waals surface area contributed by atoms with Gasteiger partial charge in [0.1, 0.15) is 5.76 Å². The molecule has 116 valence electrons. The molecule has 5 nitrogen and oxygen atoms in total. The van der Waals surface area contributed by atoms with Crippen molar-refractivity contribution in [3.8, 4) is 0 Å². The van der Waals surface area contributed by atoms with E-state index in [0.29, 0.717) is 6.54 Å². The van der Waals surface area contributed by atoms with E-state index in [1.807, 2.05) is 42.1 Å². The highest BCUT2D eigenvalue weighted by Gasteiger charge is 2.02. The molecule has 0 aliphatic rings. The molecule has 0 aliphatic heterocycles. The topological polar surface area (TPSA) is 55.9 Å². The quantitative estimate of drug-likeness (QED) is 0.759. The Hall–Kier alpha value is -2.11. The molecule has 0 amide bonds. The Morgan fingerprint density at radius 3 is 2.68 bits per heavy atom. The van der Waals surface area contributed by atoms with Gasteiger partial charge in [0.25, 0.3) is 0 Å². The van der Waals surface area contributed by atoms with Crippen LogP contribution in [-0.4, -0.2) is 14.9 Å². The summed E-state index contributed by atoms with van der Waals surface area (Å²) in [6.07, 6.45) is 3.96. The van der Waals surface area contributed by atoms with Crippen LogP contribution >= 0.6 is 12.4 Å². The first-order chi connectivity index (χ1) is 10.3. The van der Waals surface area contributed by atoms with Gasteiger partial charge in [-0.2, -0.15) is 5.10 Å². The molecule has 2 aromatic heterocycles. The van der Waals surface area contributed by atoms with E-state index >= 15 is 0 Å². The van der Waals surface area contributed by atoms with Crippen molar-refractivity contribution in [3.63, 3.8) is 0 Å². The van der Waals surface area contributed by atoms with E-state index in [1.165, 1.54) is 5.56 Å². The fraction of sp³-hybridized carbons (Fsp3) is 0.250. The Morgan fingerprint density at radius 1 is 1.14 bits per heavy atom. The van der Waals surface area contributed by atoms with Gasteiger partial charge in [-0.3, -0.25) is 4.68 Å². The van der Waals surface area contributed by atoms with Crippen molar-refractivity contribution in [1.82, 2.24) is 20.3 Å². The maximum absolute atomic E-state index is 5.03. The smallest absolute Gasteiger partial charge is 0.133 e. The van der Waals surface area contributed by atoms with E-state index in [-0.39, 0.29) is 12.4 Å². The van der Waals surface area contributed by atoms with Crippen LogP contribution in [0.15, 0.2) is 53.3 Å². The molecular formula is C16H19ClN4O. The van der Waals surface area contributed by atoms with Crippen LogP contribution in [-0.2, 0) is 19.6 Å². The molecule has 1 N–H and O–H groups in total. The highest BCUT2D eigenvalue weighted by atomic mass is 35.5. The molecule has 3 rings (SSSR count). The number of benzene rings is 1. The van der Waals surface area contributed by atoms with Crippen LogP contribution in [0.4, 0.5) is 0 Å². The molecule has 6 heteroatoms. The van der Waals surface area contributed by atoms with Crippen molar-refractivity contribution in [3.05, 3.63) is 71.4 Å². The highest BCUT2D eigenvalue weighted by Crippen LogP contribution is 2.05. The monoisotopic (exact) mass is 318 g/mol. The van der Waals surface area contributed by atoms with E-state index in [1.54, 1.807) is 0 Å². The Kier molecular flexibility index (Phi) is 5.75. The van der Waals surface area contributed by atoms with Gasteiger partial charge >= 0.3 is 0 Å². The predicted molar refractivity (Wildman–Crippen MR) is 86.8 cm³/mol. The van der Waals surface area contributed by atoms with Crippen molar-refractivity contribution >= 4 is 12.4 Å². The molecule has 3 aromatic rings. The van der Waals surface area contributed by atoms with Crippen LogP contribution in [0.1, 0.15) is 22.6 Å². The zero-order chi connectivity index (χ0) is 14.5. The normalized spacial score (nSPS) is 10.4. The van der Waals surface area contributed by atoms with Crippen LogP contribution < -0.4 is 5.32 Å². The van der Waals surface area contributed by atoms with Crippen LogP contribution in [0.5, 0.6) is 0 Å². The molecule has 0 atom stereocenters. The Balaban J connectivity index is 0.00000176. The van der Waals surface area contributed by atoms with E-state index < -0.39 is 0 Å². The molecule has 0 aliphatic carbocycles. The molecule has 0 bridgehead atoms. The summed E-state index contributed by atoms with van der Waals surface area (Å²) in [7, 11) is 0. The van der Waals surface area contributed by atoms with Crippen LogP contribution in [0.3, 0.4) is 0 Å². The lowest BCUT2D eigenvalue weighted by atomic mass is 10.2. The van der Waals surface area contributed by atoms with Gasteiger partial charge in [0, 0.05) is 30.9 Å². The number of aromatic nitrogens is 3. The van der Waals surface area contributed by atoms with Crippen LogP contribution in [0.25, 0.3) is 0 Å². The third kappa shape index (κ3) is 4.44. The van der Waals surface area contributed by atoms with Gasteiger partial charge in [-0.15, -0.1) is 12.4 Å². The summed E-state index contributed by atoms with van der Waals surface area (Å²) in [5.41, 5.74) is 3.33. The maximum Gasteiger partial charge on any atom is 0.133 e. The van der Waals surface area contributed by atoms with Crippen molar-refractivity contribution in [2.24, 2.45) is 0 Å². The summed E-state index contributed by atoms with van der Waals surface area (Å²) < 4.78 is 6.98. The van der Waals surface area contributed by atoms with Gasteiger partial charge in [0.2, 0.25) is 0 Å². The van der Waals surface area contributed by atoms with E-state index in [2.05, 4.69) is 33.9 Å². The van der Waals surface area contributed by atoms with Crippen molar-refractivity contribution in [2.45, 2.75) is 26.6 Å². The minimum atomic E-state index is 0. The zero-order valence-electron chi connectivity index (χ0n) is 12.4. The first kappa shape index (κ1) is 16.3. The van der Waals surface area contributed by atoms with E-state index in [4.69, 9.17) is 4.52 Å². The molecule has 0 unspecified atom stereocenters. The molecule has 0 radical (unpaired) electrons. The molecule has 0 spiro atoms. The van der Waals surface area contributed by atoms with Crippen molar-refractivity contribution in [1.29, 1.82) is 0 Å². The Bertz CT molecular complexity index is 693. The minimum Gasteiger partial charge on any atom is -0.361 e. The first-order valence-corrected chi connectivity index (χ1v) is 6.98. The van der Waals surface area contributed by atoms with Gasteiger partial charge in [-0.05, 0) is 12.5 Å².